The molecule has 1 aromatic heterocycles. The highest BCUT2D eigenvalue weighted by atomic mass is 16.2. The monoisotopic (exact) mass is 287 g/mol. The number of benzene rings is 1. The average Bonchev–Trinajstić information content (AvgIpc) is 2.89. The maximum atomic E-state index is 12.0. The predicted octanol–water partition coefficient (Wildman–Crippen LogP) is 1.68. The molecule has 2 N–H and O–H groups in total. The fourth-order valence-corrected chi connectivity index (χ4v) is 2.10. The minimum absolute atomic E-state index is 0.0724. The highest BCUT2D eigenvalue weighted by Crippen LogP contribution is 2.21. The third kappa shape index (κ3) is 2.89. The molecule has 0 aliphatic heterocycles. The van der Waals surface area contributed by atoms with Gasteiger partial charge in [-0.05, 0) is 18.2 Å². The van der Waals surface area contributed by atoms with E-state index in [2.05, 4.69) is 10.1 Å². The molecule has 0 saturated carbocycles. The van der Waals surface area contributed by atoms with Gasteiger partial charge in [0.15, 0.2) is 5.82 Å². The first-order valence-corrected chi connectivity index (χ1v) is 7.04. The Labute approximate surface area is 124 Å². The fraction of sp³-hybridized carbons (Fsp3) is 0.400. The minimum atomic E-state index is -0.0724. The SMILES string of the molecule is CCc1nc(CC)n(-c2ccc(C(=O)N(C)C)cc2N)n1. The van der Waals surface area contributed by atoms with Crippen molar-refractivity contribution in [2.24, 2.45) is 0 Å². The van der Waals surface area contributed by atoms with Gasteiger partial charge in [0.25, 0.3) is 5.91 Å². The van der Waals surface area contributed by atoms with Crippen LogP contribution in [0.3, 0.4) is 0 Å². The third-order valence-corrected chi connectivity index (χ3v) is 3.26. The first kappa shape index (κ1) is 15.0. The molecular formula is C15H21N5O. The number of nitrogens with zero attached hydrogens (tertiary/aromatic N) is 4. The molecule has 0 aliphatic rings. The molecule has 6 nitrogen and oxygen atoms in total. The van der Waals surface area contributed by atoms with Crippen molar-refractivity contribution >= 4 is 11.6 Å². The van der Waals surface area contributed by atoms with Crippen LogP contribution in [0.25, 0.3) is 5.69 Å². The largest absolute Gasteiger partial charge is 0.397 e. The zero-order valence-electron chi connectivity index (χ0n) is 12.9. The van der Waals surface area contributed by atoms with Crippen molar-refractivity contribution in [3.63, 3.8) is 0 Å². The van der Waals surface area contributed by atoms with Gasteiger partial charge < -0.3 is 10.6 Å². The fourth-order valence-electron chi connectivity index (χ4n) is 2.10. The van der Waals surface area contributed by atoms with Crippen molar-refractivity contribution in [1.82, 2.24) is 19.7 Å². The summed E-state index contributed by atoms with van der Waals surface area (Å²) in [5, 5.41) is 4.47. The van der Waals surface area contributed by atoms with Gasteiger partial charge in [0.1, 0.15) is 5.82 Å². The van der Waals surface area contributed by atoms with Crippen molar-refractivity contribution in [2.45, 2.75) is 26.7 Å². The Morgan fingerprint density at radius 2 is 2.00 bits per heavy atom. The number of rotatable bonds is 4. The van der Waals surface area contributed by atoms with E-state index < -0.39 is 0 Å². The van der Waals surface area contributed by atoms with Crippen molar-refractivity contribution in [2.75, 3.05) is 19.8 Å². The molecule has 2 rings (SSSR count). The maximum absolute atomic E-state index is 12.0. The first-order chi connectivity index (χ1) is 9.97. The van der Waals surface area contributed by atoms with Crippen LogP contribution in [0.15, 0.2) is 18.2 Å². The molecule has 1 amide bonds. The van der Waals surface area contributed by atoms with Gasteiger partial charge >= 0.3 is 0 Å². The smallest absolute Gasteiger partial charge is 0.253 e. The van der Waals surface area contributed by atoms with E-state index in [-0.39, 0.29) is 5.91 Å². The van der Waals surface area contributed by atoms with Crippen LogP contribution in [0.5, 0.6) is 0 Å². The number of aromatic nitrogens is 3. The number of aryl methyl sites for hydroxylation is 2. The van der Waals surface area contributed by atoms with Gasteiger partial charge in [0.2, 0.25) is 0 Å². The molecule has 1 heterocycles. The summed E-state index contributed by atoms with van der Waals surface area (Å²) >= 11 is 0. The molecule has 0 atom stereocenters. The molecule has 0 radical (unpaired) electrons. The van der Waals surface area contributed by atoms with Crippen molar-refractivity contribution in [1.29, 1.82) is 0 Å². The Morgan fingerprint density at radius 1 is 1.29 bits per heavy atom. The van der Waals surface area contributed by atoms with Crippen LogP contribution in [-0.2, 0) is 12.8 Å². The Hall–Kier alpha value is -2.37. The number of carbonyl (C=O) groups excluding carboxylic acids is 1. The number of hydrogen-bond donors (Lipinski definition) is 1. The normalized spacial score (nSPS) is 10.7. The summed E-state index contributed by atoms with van der Waals surface area (Å²) in [5.41, 5.74) is 7.95. The highest BCUT2D eigenvalue weighted by Gasteiger charge is 2.14. The van der Waals surface area contributed by atoms with Gasteiger partial charge in [0.05, 0.1) is 11.4 Å². The first-order valence-electron chi connectivity index (χ1n) is 7.04. The lowest BCUT2D eigenvalue weighted by Gasteiger charge is -2.13. The van der Waals surface area contributed by atoms with E-state index in [0.717, 1.165) is 30.2 Å². The second-order valence-electron chi connectivity index (χ2n) is 5.04. The van der Waals surface area contributed by atoms with Gasteiger partial charge in [-0.15, -0.1) is 0 Å². The summed E-state index contributed by atoms with van der Waals surface area (Å²) in [6, 6.07) is 5.27. The zero-order chi connectivity index (χ0) is 15.6. The quantitative estimate of drug-likeness (QED) is 0.868. The van der Waals surface area contributed by atoms with Gasteiger partial charge in [-0.25, -0.2) is 9.67 Å². The molecule has 21 heavy (non-hydrogen) atoms. The van der Waals surface area contributed by atoms with Crippen LogP contribution in [0.2, 0.25) is 0 Å². The number of amides is 1. The van der Waals surface area contributed by atoms with Gasteiger partial charge in [-0.2, -0.15) is 5.10 Å². The van der Waals surface area contributed by atoms with Gasteiger partial charge in [-0.3, -0.25) is 4.79 Å². The summed E-state index contributed by atoms with van der Waals surface area (Å²) in [5.74, 6) is 1.58. The molecule has 0 spiro atoms. The van der Waals surface area contributed by atoms with Gasteiger partial charge in [-0.1, -0.05) is 13.8 Å². The lowest BCUT2D eigenvalue weighted by molar-refractivity contribution is 0.0827. The standard InChI is InChI=1S/C15H21N5O/c1-5-13-17-14(6-2)20(18-13)12-8-7-10(9-11(12)16)15(21)19(3)4/h7-9H,5-6,16H2,1-4H3. The second-order valence-corrected chi connectivity index (χ2v) is 5.04. The van der Waals surface area contributed by atoms with Crippen molar-refractivity contribution < 1.29 is 4.79 Å². The topological polar surface area (TPSA) is 77.0 Å². The number of carbonyl (C=O) groups is 1. The Bertz CT molecular complexity index is 660. The van der Waals surface area contributed by atoms with Gasteiger partial charge in [0, 0.05) is 32.5 Å². The number of anilines is 1. The molecule has 0 bridgehead atoms. The maximum Gasteiger partial charge on any atom is 0.253 e. The van der Waals surface area contributed by atoms with Crippen molar-refractivity contribution in [3.05, 3.63) is 35.4 Å². The lowest BCUT2D eigenvalue weighted by Crippen LogP contribution is -2.22. The minimum Gasteiger partial charge on any atom is -0.397 e. The average molecular weight is 287 g/mol. The number of nitrogens with two attached hydrogens (primary N) is 1. The molecule has 6 heteroatoms. The summed E-state index contributed by atoms with van der Waals surface area (Å²) in [6.07, 6.45) is 1.54. The van der Waals surface area contributed by atoms with E-state index in [1.54, 1.807) is 30.9 Å². The van der Waals surface area contributed by atoms with Crippen LogP contribution in [0.4, 0.5) is 5.69 Å². The molecular weight excluding hydrogens is 266 g/mol. The van der Waals surface area contributed by atoms with Crippen LogP contribution in [-0.4, -0.2) is 39.7 Å². The van der Waals surface area contributed by atoms with Crippen LogP contribution >= 0.6 is 0 Å². The van der Waals surface area contributed by atoms with E-state index in [9.17, 15) is 4.79 Å². The van der Waals surface area contributed by atoms with E-state index in [1.165, 1.54) is 4.90 Å². The summed E-state index contributed by atoms with van der Waals surface area (Å²) < 4.78 is 1.76. The Morgan fingerprint density at radius 3 is 2.52 bits per heavy atom. The van der Waals surface area contributed by atoms with E-state index in [0.29, 0.717) is 11.3 Å². The molecule has 0 aliphatic carbocycles. The van der Waals surface area contributed by atoms with Crippen molar-refractivity contribution in [3.8, 4) is 5.69 Å². The highest BCUT2D eigenvalue weighted by molar-refractivity contribution is 5.95. The summed E-state index contributed by atoms with van der Waals surface area (Å²) in [4.78, 5) is 17.9. The molecule has 0 saturated heterocycles. The summed E-state index contributed by atoms with van der Waals surface area (Å²) in [7, 11) is 3.43. The third-order valence-electron chi connectivity index (χ3n) is 3.26. The second kappa shape index (κ2) is 5.95. The zero-order valence-corrected chi connectivity index (χ0v) is 12.9. The lowest BCUT2D eigenvalue weighted by atomic mass is 10.1. The molecule has 0 unspecified atom stereocenters. The Balaban J connectivity index is 2.46. The molecule has 112 valence electrons. The molecule has 0 fully saturated rings. The molecule has 1 aromatic carbocycles. The summed E-state index contributed by atoms with van der Waals surface area (Å²) in [6.45, 7) is 4.04. The number of hydrogen-bond acceptors (Lipinski definition) is 4. The van der Waals surface area contributed by atoms with Crippen LogP contribution in [0.1, 0.15) is 35.9 Å². The van der Waals surface area contributed by atoms with E-state index in [4.69, 9.17) is 5.73 Å². The van der Waals surface area contributed by atoms with Crippen LogP contribution in [0, 0.1) is 0 Å². The van der Waals surface area contributed by atoms with E-state index >= 15 is 0 Å². The Kier molecular flexibility index (Phi) is 4.26. The van der Waals surface area contributed by atoms with E-state index in [1.807, 2.05) is 19.9 Å². The predicted molar refractivity (Wildman–Crippen MR) is 82.5 cm³/mol. The molecule has 2 aromatic rings. The number of nitrogen functional groups attached to an aromatic ring is 1. The van der Waals surface area contributed by atoms with Crippen LogP contribution < -0.4 is 5.73 Å².